The van der Waals surface area contributed by atoms with E-state index in [0.29, 0.717) is 5.82 Å². The highest BCUT2D eigenvalue weighted by Gasteiger charge is 2.26. The Morgan fingerprint density at radius 2 is 2.13 bits per heavy atom. The van der Waals surface area contributed by atoms with Crippen molar-refractivity contribution in [3.05, 3.63) is 30.5 Å². The van der Waals surface area contributed by atoms with E-state index in [1.807, 2.05) is 24.3 Å². The van der Waals surface area contributed by atoms with Gasteiger partial charge in [-0.05, 0) is 37.5 Å². The zero-order valence-corrected chi connectivity index (χ0v) is 12.5. The fourth-order valence-corrected chi connectivity index (χ4v) is 3.13. The molecule has 2 heterocycles. The van der Waals surface area contributed by atoms with Crippen LogP contribution >= 0.6 is 0 Å². The van der Waals surface area contributed by atoms with E-state index in [4.69, 9.17) is 5.73 Å². The topological polar surface area (TPSA) is 113 Å². The molecule has 7 heteroatoms. The van der Waals surface area contributed by atoms with Crippen LogP contribution in [0.2, 0.25) is 0 Å². The lowest BCUT2D eigenvalue weighted by Crippen LogP contribution is -2.28. The van der Waals surface area contributed by atoms with Gasteiger partial charge in [-0.3, -0.25) is 5.10 Å². The molecule has 1 fully saturated rings. The van der Waals surface area contributed by atoms with Crippen LogP contribution in [-0.2, 0) is 0 Å². The molecule has 23 heavy (non-hydrogen) atoms. The monoisotopic (exact) mass is 310 g/mol. The number of aromatic nitrogens is 4. The molecule has 0 aliphatic heterocycles. The second kappa shape index (κ2) is 5.51. The van der Waals surface area contributed by atoms with Gasteiger partial charge in [0.05, 0.1) is 23.4 Å². The number of aliphatic hydroxyl groups is 1. The molecule has 1 aliphatic carbocycles. The number of nitrogens with one attached hydrogen (secondary N) is 2. The number of nitrogens with zero attached hydrogens (tertiary/aromatic N) is 3. The molecular formula is C16H18N6O. The van der Waals surface area contributed by atoms with Crippen LogP contribution in [-0.4, -0.2) is 37.4 Å². The normalized spacial score (nSPS) is 20.9. The Morgan fingerprint density at radius 1 is 1.22 bits per heavy atom. The lowest BCUT2D eigenvalue weighted by atomic mass is 10.1. The highest BCUT2D eigenvalue weighted by Crippen LogP contribution is 2.29. The van der Waals surface area contributed by atoms with Crippen LogP contribution in [0.4, 0.5) is 11.8 Å². The summed E-state index contributed by atoms with van der Waals surface area (Å²) in [7, 11) is 0. The molecule has 118 valence electrons. The van der Waals surface area contributed by atoms with Gasteiger partial charge < -0.3 is 16.2 Å². The van der Waals surface area contributed by atoms with Gasteiger partial charge in [-0.2, -0.15) is 10.1 Å². The first-order chi connectivity index (χ1) is 11.2. The van der Waals surface area contributed by atoms with Crippen molar-refractivity contribution in [1.82, 2.24) is 20.2 Å². The van der Waals surface area contributed by atoms with Crippen molar-refractivity contribution < 1.29 is 5.11 Å². The van der Waals surface area contributed by atoms with Gasteiger partial charge in [-0.1, -0.05) is 6.07 Å². The third-order valence-corrected chi connectivity index (χ3v) is 4.33. The molecule has 0 bridgehead atoms. The second-order valence-electron chi connectivity index (χ2n) is 5.88. The van der Waals surface area contributed by atoms with Crippen molar-refractivity contribution in [1.29, 1.82) is 0 Å². The molecule has 5 N–H and O–H groups in total. The molecule has 2 atom stereocenters. The predicted molar refractivity (Wildman–Crippen MR) is 88.8 cm³/mol. The number of nitrogen functional groups attached to an aromatic ring is 1. The average Bonchev–Trinajstić information content (AvgIpc) is 3.19. The van der Waals surface area contributed by atoms with Crippen molar-refractivity contribution >= 4 is 22.7 Å². The molecule has 7 nitrogen and oxygen atoms in total. The van der Waals surface area contributed by atoms with Gasteiger partial charge >= 0.3 is 0 Å². The quantitative estimate of drug-likeness (QED) is 0.588. The molecule has 0 saturated heterocycles. The molecule has 2 aromatic heterocycles. The summed E-state index contributed by atoms with van der Waals surface area (Å²) >= 11 is 0. The maximum absolute atomic E-state index is 10.0. The summed E-state index contributed by atoms with van der Waals surface area (Å²) in [5, 5.41) is 21.1. The van der Waals surface area contributed by atoms with E-state index in [0.717, 1.165) is 41.4 Å². The number of aliphatic hydroxyl groups excluding tert-OH is 1. The van der Waals surface area contributed by atoms with Crippen molar-refractivity contribution in [2.24, 2.45) is 0 Å². The first-order valence-electron chi connectivity index (χ1n) is 7.72. The highest BCUT2D eigenvalue weighted by atomic mass is 16.3. The minimum Gasteiger partial charge on any atom is -0.391 e. The number of aromatic amines is 1. The van der Waals surface area contributed by atoms with Crippen LogP contribution in [0.25, 0.3) is 22.2 Å². The maximum Gasteiger partial charge on any atom is 0.222 e. The number of nitrogens with two attached hydrogens (primary N) is 1. The van der Waals surface area contributed by atoms with Crippen LogP contribution in [0.1, 0.15) is 19.3 Å². The Kier molecular flexibility index (Phi) is 3.34. The van der Waals surface area contributed by atoms with Crippen LogP contribution in [0.5, 0.6) is 0 Å². The van der Waals surface area contributed by atoms with Gasteiger partial charge in [0.1, 0.15) is 5.82 Å². The number of H-pyrrole nitrogens is 1. The smallest absolute Gasteiger partial charge is 0.222 e. The summed E-state index contributed by atoms with van der Waals surface area (Å²) < 4.78 is 0. The largest absolute Gasteiger partial charge is 0.391 e. The summed E-state index contributed by atoms with van der Waals surface area (Å²) in [4.78, 5) is 8.65. The molecule has 0 spiro atoms. The Hall–Kier alpha value is -2.67. The van der Waals surface area contributed by atoms with Crippen molar-refractivity contribution in [2.75, 3.05) is 11.1 Å². The van der Waals surface area contributed by atoms with Crippen LogP contribution in [0.3, 0.4) is 0 Å². The Balaban J connectivity index is 1.76. The summed E-state index contributed by atoms with van der Waals surface area (Å²) in [5.74, 6) is 0.892. The van der Waals surface area contributed by atoms with Gasteiger partial charge in [0, 0.05) is 17.1 Å². The average molecular weight is 310 g/mol. The van der Waals surface area contributed by atoms with E-state index in [1.54, 1.807) is 6.20 Å². The molecule has 3 aromatic rings. The summed E-state index contributed by atoms with van der Waals surface area (Å²) in [6.07, 6.45) is 4.13. The van der Waals surface area contributed by atoms with Gasteiger partial charge in [-0.25, -0.2) is 4.98 Å². The first kappa shape index (κ1) is 14.0. The van der Waals surface area contributed by atoms with Gasteiger partial charge in [0.25, 0.3) is 0 Å². The lowest BCUT2D eigenvalue weighted by molar-refractivity contribution is 0.171. The van der Waals surface area contributed by atoms with Crippen LogP contribution in [0.15, 0.2) is 30.5 Å². The van der Waals surface area contributed by atoms with Crippen molar-refractivity contribution in [3.8, 4) is 11.3 Å². The summed E-state index contributed by atoms with van der Waals surface area (Å²) in [5.41, 5.74) is 8.53. The number of hydrogen-bond acceptors (Lipinski definition) is 6. The standard InChI is InChI=1S/C16H18N6O/c17-16-20-13-8-9(11-6-7-18-22-11)4-5-10(13)15(21-16)19-12-2-1-3-14(12)23/h4-8,12,14,23H,1-3H2,(H,18,22)(H3,17,19,20,21)/t12-,14+/m0/s1. The maximum atomic E-state index is 10.0. The Labute approximate surface area is 133 Å². The summed E-state index contributed by atoms with van der Waals surface area (Å²) in [6.45, 7) is 0. The third-order valence-electron chi connectivity index (χ3n) is 4.33. The summed E-state index contributed by atoms with van der Waals surface area (Å²) in [6, 6.07) is 7.83. The fraction of sp³-hybridized carbons (Fsp3) is 0.312. The highest BCUT2D eigenvalue weighted by molar-refractivity contribution is 5.92. The van der Waals surface area contributed by atoms with E-state index >= 15 is 0 Å². The van der Waals surface area contributed by atoms with Gasteiger partial charge in [-0.15, -0.1) is 0 Å². The SMILES string of the molecule is Nc1nc(N[C@H]2CCC[C@H]2O)c2ccc(-c3ccn[nH]3)cc2n1. The molecule has 4 rings (SSSR count). The number of rotatable bonds is 3. The third kappa shape index (κ3) is 2.59. The van der Waals surface area contributed by atoms with Gasteiger partial charge in [0.15, 0.2) is 0 Å². The lowest BCUT2D eigenvalue weighted by Gasteiger charge is -2.18. The minimum atomic E-state index is -0.342. The van der Waals surface area contributed by atoms with Crippen molar-refractivity contribution in [2.45, 2.75) is 31.4 Å². The van der Waals surface area contributed by atoms with Crippen LogP contribution < -0.4 is 11.1 Å². The molecular weight excluding hydrogens is 292 g/mol. The first-order valence-corrected chi connectivity index (χ1v) is 7.72. The molecule has 1 saturated carbocycles. The number of hydrogen-bond donors (Lipinski definition) is 4. The Morgan fingerprint density at radius 3 is 2.87 bits per heavy atom. The van der Waals surface area contributed by atoms with E-state index in [2.05, 4.69) is 25.5 Å². The molecule has 0 radical (unpaired) electrons. The molecule has 1 aromatic carbocycles. The fourth-order valence-electron chi connectivity index (χ4n) is 3.13. The number of fused-ring (bicyclic) bond motifs is 1. The molecule has 0 unspecified atom stereocenters. The number of benzene rings is 1. The minimum absolute atomic E-state index is 0.0137. The van der Waals surface area contributed by atoms with E-state index in [1.165, 1.54) is 0 Å². The zero-order chi connectivity index (χ0) is 15.8. The Bertz CT molecular complexity index is 832. The molecule has 0 amide bonds. The van der Waals surface area contributed by atoms with E-state index in [9.17, 15) is 5.11 Å². The van der Waals surface area contributed by atoms with Gasteiger partial charge in [0.2, 0.25) is 5.95 Å². The van der Waals surface area contributed by atoms with E-state index < -0.39 is 0 Å². The van der Waals surface area contributed by atoms with Crippen LogP contribution in [0, 0.1) is 0 Å². The second-order valence-corrected chi connectivity index (χ2v) is 5.88. The number of anilines is 2. The molecule has 1 aliphatic rings. The zero-order valence-electron chi connectivity index (χ0n) is 12.5. The predicted octanol–water partition coefficient (Wildman–Crippen LogP) is 1.93. The van der Waals surface area contributed by atoms with E-state index in [-0.39, 0.29) is 18.1 Å². The van der Waals surface area contributed by atoms with Crippen molar-refractivity contribution in [3.63, 3.8) is 0 Å².